The van der Waals surface area contributed by atoms with E-state index in [2.05, 4.69) is 48.6 Å². The van der Waals surface area contributed by atoms with Crippen LogP contribution in [-0.2, 0) is 29.1 Å². The van der Waals surface area contributed by atoms with Crippen molar-refractivity contribution in [3.63, 3.8) is 0 Å². The predicted molar refractivity (Wildman–Crippen MR) is 149 cm³/mol. The van der Waals surface area contributed by atoms with E-state index in [0.717, 1.165) is 22.0 Å². The number of amides is 2. The molecule has 9 heteroatoms. The van der Waals surface area contributed by atoms with E-state index in [1.165, 1.54) is 11.9 Å². The van der Waals surface area contributed by atoms with Crippen LogP contribution in [0.25, 0.3) is 10.9 Å². The van der Waals surface area contributed by atoms with E-state index in [1.54, 1.807) is 12.4 Å². The number of para-hydroxylation sites is 1. The van der Waals surface area contributed by atoms with Crippen LogP contribution in [0.2, 0.25) is 0 Å². The number of carbonyl (C=O) groups is 2. The van der Waals surface area contributed by atoms with Crippen LogP contribution in [0.5, 0.6) is 0 Å². The highest BCUT2D eigenvalue weighted by Gasteiger charge is 2.22. The molecule has 0 aliphatic carbocycles. The molecular weight excluding hydrogens is 492 g/mol. The third-order valence-electron chi connectivity index (χ3n) is 6.19. The maximum atomic E-state index is 13.0. The maximum Gasteiger partial charge on any atom is 0.408 e. The van der Waals surface area contributed by atoms with Crippen LogP contribution in [0, 0.1) is 0 Å². The number of H-pyrrole nitrogens is 1. The molecule has 2 amide bonds. The van der Waals surface area contributed by atoms with Crippen LogP contribution < -0.4 is 10.7 Å². The minimum atomic E-state index is -0.926. The summed E-state index contributed by atoms with van der Waals surface area (Å²) in [6, 6.07) is 26.6. The highest BCUT2D eigenvalue weighted by atomic mass is 16.5. The van der Waals surface area contributed by atoms with Gasteiger partial charge in [0.1, 0.15) is 12.6 Å². The van der Waals surface area contributed by atoms with Crippen molar-refractivity contribution in [3.05, 3.63) is 126 Å². The molecule has 0 aliphatic rings. The molecule has 0 fully saturated rings. The van der Waals surface area contributed by atoms with Gasteiger partial charge in [0.2, 0.25) is 0 Å². The number of aromatic nitrogens is 3. The number of imidazole rings is 1. The molecular formula is C30H28N6O3. The number of hydrogen-bond donors (Lipinski definition) is 3. The molecule has 0 saturated carbocycles. The fourth-order valence-electron chi connectivity index (χ4n) is 4.26. The number of rotatable bonds is 10. The first-order valence-electron chi connectivity index (χ1n) is 12.5. The van der Waals surface area contributed by atoms with Gasteiger partial charge in [-0.1, -0.05) is 78.9 Å². The zero-order valence-electron chi connectivity index (χ0n) is 21.2. The largest absolute Gasteiger partial charge is 0.445 e. The molecule has 2 aromatic heterocycles. The Labute approximate surface area is 225 Å². The number of alkyl carbamates (subject to hydrolysis) is 1. The monoisotopic (exact) mass is 520 g/mol. The molecule has 2 heterocycles. The smallest absolute Gasteiger partial charge is 0.408 e. The summed E-state index contributed by atoms with van der Waals surface area (Å²) in [5.41, 5.74) is 7.20. The number of benzene rings is 3. The second kappa shape index (κ2) is 12.4. The van der Waals surface area contributed by atoms with Gasteiger partial charge in [-0.3, -0.25) is 4.79 Å². The van der Waals surface area contributed by atoms with Crippen molar-refractivity contribution in [1.29, 1.82) is 0 Å². The van der Waals surface area contributed by atoms with Crippen molar-refractivity contribution in [2.24, 2.45) is 5.10 Å². The van der Waals surface area contributed by atoms with Gasteiger partial charge in [-0.05, 0) is 17.2 Å². The molecule has 3 N–H and O–H groups in total. The molecule has 5 aromatic rings. The fraction of sp³-hybridized carbons (Fsp3) is 0.133. The molecule has 0 aliphatic heterocycles. The highest BCUT2D eigenvalue weighted by Crippen LogP contribution is 2.21. The number of fused-ring (bicyclic) bond motifs is 1. The van der Waals surface area contributed by atoms with Crippen LogP contribution in [0.4, 0.5) is 4.79 Å². The molecule has 5 rings (SSSR count). The van der Waals surface area contributed by atoms with Gasteiger partial charge in [-0.15, -0.1) is 0 Å². The van der Waals surface area contributed by atoms with Crippen molar-refractivity contribution < 1.29 is 14.3 Å². The zero-order chi connectivity index (χ0) is 26.9. The summed E-state index contributed by atoms with van der Waals surface area (Å²) < 4.78 is 7.46. The minimum Gasteiger partial charge on any atom is -0.445 e. The number of aromatic amines is 1. The molecule has 0 unspecified atom stereocenters. The van der Waals surface area contributed by atoms with Crippen molar-refractivity contribution in [2.45, 2.75) is 25.6 Å². The van der Waals surface area contributed by atoms with Gasteiger partial charge in [0, 0.05) is 47.5 Å². The average molecular weight is 521 g/mol. The van der Waals surface area contributed by atoms with E-state index in [4.69, 9.17) is 4.74 Å². The second-order valence-electron chi connectivity index (χ2n) is 8.99. The third-order valence-corrected chi connectivity index (χ3v) is 6.19. The van der Waals surface area contributed by atoms with Gasteiger partial charge >= 0.3 is 6.09 Å². The molecule has 0 radical (unpaired) electrons. The lowest BCUT2D eigenvalue weighted by Crippen LogP contribution is -2.47. The van der Waals surface area contributed by atoms with E-state index < -0.39 is 18.0 Å². The average Bonchev–Trinajstić information content (AvgIpc) is 3.61. The maximum absolute atomic E-state index is 13.0. The van der Waals surface area contributed by atoms with Crippen LogP contribution in [0.15, 0.2) is 109 Å². The summed E-state index contributed by atoms with van der Waals surface area (Å²) >= 11 is 0. The predicted octanol–water partition coefficient (Wildman–Crippen LogP) is 4.40. The Hall–Kier alpha value is -5.18. The Morgan fingerprint density at radius 3 is 2.44 bits per heavy atom. The van der Waals surface area contributed by atoms with Gasteiger partial charge in [0.25, 0.3) is 5.91 Å². The first kappa shape index (κ1) is 25.5. The van der Waals surface area contributed by atoms with Gasteiger partial charge in [0.15, 0.2) is 0 Å². The van der Waals surface area contributed by atoms with Crippen molar-refractivity contribution in [2.75, 3.05) is 0 Å². The quantitative estimate of drug-likeness (QED) is 0.187. The molecule has 39 heavy (non-hydrogen) atoms. The lowest BCUT2D eigenvalue weighted by Gasteiger charge is -2.16. The molecule has 9 nitrogen and oxygen atoms in total. The van der Waals surface area contributed by atoms with Gasteiger partial charge in [0.05, 0.1) is 12.5 Å². The Balaban J connectivity index is 1.26. The summed E-state index contributed by atoms with van der Waals surface area (Å²) in [6.45, 7) is 0.805. The number of nitrogens with one attached hydrogen (secondary N) is 3. The number of hydrazone groups is 1. The SMILES string of the molecule is O=C(N[C@H](Cc1cnc[nH]1)C(=O)N/N=C\c1cn(Cc2ccccc2)c2ccccc12)OCc1ccccc1. The minimum absolute atomic E-state index is 0.0935. The van der Waals surface area contributed by atoms with Crippen LogP contribution in [0.3, 0.4) is 0 Å². The molecule has 3 aromatic carbocycles. The first-order chi connectivity index (χ1) is 19.2. The van der Waals surface area contributed by atoms with E-state index in [-0.39, 0.29) is 13.0 Å². The van der Waals surface area contributed by atoms with E-state index in [1.807, 2.05) is 72.9 Å². The zero-order valence-corrected chi connectivity index (χ0v) is 21.2. The summed E-state index contributed by atoms with van der Waals surface area (Å²) in [6.07, 6.45) is 6.23. The van der Waals surface area contributed by atoms with Crippen LogP contribution in [-0.4, -0.2) is 38.8 Å². The summed E-state index contributed by atoms with van der Waals surface area (Å²) in [7, 11) is 0. The summed E-state index contributed by atoms with van der Waals surface area (Å²) in [5, 5.41) is 7.86. The number of carbonyl (C=O) groups excluding carboxylic acids is 2. The Kier molecular flexibility index (Phi) is 8.08. The van der Waals surface area contributed by atoms with E-state index >= 15 is 0 Å². The van der Waals surface area contributed by atoms with E-state index in [9.17, 15) is 9.59 Å². The lowest BCUT2D eigenvalue weighted by molar-refractivity contribution is -0.123. The third kappa shape index (κ3) is 6.78. The number of ether oxygens (including phenoxy) is 1. The van der Waals surface area contributed by atoms with Crippen LogP contribution >= 0.6 is 0 Å². The fourth-order valence-corrected chi connectivity index (χ4v) is 4.26. The number of nitrogens with zero attached hydrogens (tertiary/aromatic N) is 3. The Bertz CT molecular complexity index is 1550. The summed E-state index contributed by atoms with van der Waals surface area (Å²) in [4.78, 5) is 32.5. The van der Waals surface area contributed by atoms with Gasteiger partial charge < -0.3 is 19.6 Å². The highest BCUT2D eigenvalue weighted by molar-refractivity contribution is 6.00. The Morgan fingerprint density at radius 1 is 0.974 bits per heavy atom. The van der Waals surface area contributed by atoms with Crippen molar-refractivity contribution in [1.82, 2.24) is 25.3 Å². The standard InChI is InChI=1S/C30H28N6O3/c37-29(27(15-25-17-31-21-32-25)34-30(38)39-20-23-11-5-2-6-12-23)35-33-16-24-19-36(18-22-9-3-1-4-10-22)28-14-8-7-13-26(24)28/h1-14,16-17,19,21,27H,15,18,20H2,(H,31,32)(H,34,38)(H,35,37)/b33-16-/t27-/m1/s1. The molecule has 196 valence electrons. The Morgan fingerprint density at radius 2 is 1.69 bits per heavy atom. The lowest BCUT2D eigenvalue weighted by atomic mass is 10.1. The molecule has 1 atom stereocenters. The van der Waals surface area contributed by atoms with E-state index in [0.29, 0.717) is 12.2 Å². The topological polar surface area (TPSA) is 113 Å². The van der Waals surface area contributed by atoms with Gasteiger partial charge in [-0.25, -0.2) is 15.2 Å². The molecule has 0 saturated heterocycles. The second-order valence-corrected chi connectivity index (χ2v) is 8.99. The normalized spacial score (nSPS) is 11.9. The first-order valence-corrected chi connectivity index (χ1v) is 12.5. The van der Waals surface area contributed by atoms with Crippen molar-refractivity contribution in [3.8, 4) is 0 Å². The number of hydrogen-bond acceptors (Lipinski definition) is 5. The van der Waals surface area contributed by atoms with Crippen molar-refractivity contribution >= 4 is 29.1 Å². The van der Waals surface area contributed by atoms with Crippen LogP contribution in [0.1, 0.15) is 22.4 Å². The molecule has 0 bridgehead atoms. The molecule has 0 spiro atoms. The van der Waals surface area contributed by atoms with Gasteiger partial charge in [-0.2, -0.15) is 5.10 Å². The summed E-state index contributed by atoms with van der Waals surface area (Å²) in [5.74, 6) is -0.481.